The normalized spacial score (nSPS) is 20.9. The summed E-state index contributed by atoms with van der Waals surface area (Å²) in [6.45, 7) is 4.35. The van der Waals surface area contributed by atoms with Crippen LogP contribution in [0.5, 0.6) is 5.75 Å². The minimum Gasteiger partial charge on any atom is -0.507 e. The molecule has 94 valence electrons. The van der Waals surface area contributed by atoms with Crippen LogP contribution in [0, 0.1) is 5.92 Å². The van der Waals surface area contributed by atoms with Gasteiger partial charge in [-0.15, -0.1) is 0 Å². The van der Waals surface area contributed by atoms with Crippen molar-refractivity contribution in [3.8, 4) is 5.75 Å². The molecular formula is C13H19BrN2O. The van der Waals surface area contributed by atoms with E-state index < -0.39 is 0 Å². The van der Waals surface area contributed by atoms with Crippen LogP contribution in [-0.2, 0) is 6.54 Å². The van der Waals surface area contributed by atoms with Gasteiger partial charge < -0.3 is 15.3 Å². The monoisotopic (exact) mass is 298 g/mol. The van der Waals surface area contributed by atoms with E-state index in [1.54, 1.807) is 6.07 Å². The SMILES string of the molecule is CN1CCC(CNCc2ccc(O)c(Br)c2)C1. The number of likely N-dealkylation sites (tertiary alicyclic amines) is 1. The van der Waals surface area contributed by atoms with Crippen molar-refractivity contribution in [2.24, 2.45) is 5.92 Å². The summed E-state index contributed by atoms with van der Waals surface area (Å²) < 4.78 is 0.761. The first-order valence-corrected chi connectivity index (χ1v) is 6.81. The van der Waals surface area contributed by atoms with Gasteiger partial charge in [0.25, 0.3) is 0 Å². The van der Waals surface area contributed by atoms with E-state index in [0.29, 0.717) is 5.75 Å². The van der Waals surface area contributed by atoms with Crippen LogP contribution in [0.1, 0.15) is 12.0 Å². The van der Waals surface area contributed by atoms with Gasteiger partial charge in [-0.1, -0.05) is 6.07 Å². The van der Waals surface area contributed by atoms with Crippen molar-refractivity contribution in [1.29, 1.82) is 0 Å². The highest BCUT2D eigenvalue weighted by Crippen LogP contribution is 2.24. The Morgan fingerprint density at radius 1 is 1.53 bits per heavy atom. The Hall–Kier alpha value is -0.580. The molecule has 1 aromatic rings. The third kappa shape index (κ3) is 3.69. The lowest BCUT2D eigenvalue weighted by Crippen LogP contribution is -2.24. The van der Waals surface area contributed by atoms with Gasteiger partial charge in [0, 0.05) is 13.1 Å². The number of hydrogen-bond donors (Lipinski definition) is 2. The third-order valence-electron chi connectivity index (χ3n) is 3.26. The van der Waals surface area contributed by atoms with Gasteiger partial charge in [-0.3, -0.25) is 0 Å². The zero-order chi connectivity index (χ0) is 12.3. The van der Waals surface area contributed by atoms with Crippen LogP contribution in [0.2, 0.25) is 0 Å². The van der Waals surface area contributed by atoms with Gasteiger partial charge in [0.15, 0.2) is 0 Å². The summed E-state index contributed by atoms with van der Waals surface area (Å²) in [6.07, 6.45) is 1.29. The van der Waals surface area contributed by atoms with E-state index in [0.717, 1.165) is 23.5 Å². The highest BCUT2D eigenvalue weighted by molar-refractivity contribution is 9.10. The quantitative estimate of drug-likeness (QED) is 0.894. The predicted octanol–water partition coefficient (Wildman–Crippen LogP) is 2.20. The van der Waals surface area contributed by atoms with Gasteiger partial charge in [-0.2, -0.15) is 0 Å². The van der Waals surface area contributed by atoms with Gasteiger partial charge >= 0.3 is 0 Å². The lowest BCUT2D eigenvalue weighted by Gasteiger charge is -2.12. The number of rotatable bonds is 4. The van der Waals surface area contributed by atoms with Gasteiger partial charge in [-0.05, 0) is 66.1 Å². The average molecular weight is 299 g/mol. The molecule has 1 aliphatic rings. The zero-order valence-electron chi connectivity index (χ0n) is 10.1. The molecule has 1 fully saturated rings. The van der Waals surface area contributed by atoms with Gasteiger partial charge in [0.2, 0.25) is 0 Å². The molecule has 0 bridgehead atoms. The molecule has 0 amide bonds. The summed E-state index contributed by atoms with van der Waals surface area (Å²) in [5.74, 6) is 1.08. The van der Waals surface area contributed by atoms with Crippen LogP contribution >= 0.6 is 15.9 Å². The van der Waals surface area contributed by atoms with E-state index in [-0.39, 0.29) is 0 Å². The van der Waals surface area contributed by atoms with Crippen molar-refractivity contribution in [3.63, 3.8) is 0 Å². The highest BCUT2D eigenvalue weighted by Gasteiger charge is 2.18. The Balaban J connectivity index is 1.76. The number of nitrogens with zero attached hydrogens (tertiary/aromatic N) is 1. The lowest BCUT2D eigenvalue weighted by atomic mass is 10.1. The van der Waals surface area contributed by atoms with Gasteiger partial charge in [0.1, 0.15) is 5.75 Å². The second-order valence-corrected chi connectivity index (χ2v) is 5.69. The van der Waals surface area contributed by atoms with Gasteiger partial charge in [0.05, 0.1) is 4.47 Å². The van der Waals surface area contributed by atoms with Crippen molar-refractivity contribution in [2.45, 2.75) is 13.0 Å². The van der Waals surface area contributed by atoms with Crippen LogP contribution in [0.4, 0.5) is 0 Å². The van der Waals surface area contributed by atoms with Crippen molar-refractivity contribution in [3.05, 3.63) is 28.2 Å². The van der Waals surface area contributed by atoms with E-state index in [4.69, 9.17) is 0 Å². The Kier molecular flexibility index (Phi) is 4.42. The number of halogens is 1. The highest BCUT2D eigenvalue weighted by atomic mass is 79.9. The number of nitrogens with one attached hydrogen (secondary N) is 1. The molecule has 0 radical (unpaired) electrons. The van der Waals surface area contributed by atoms with Crippen molar-refractivity contribution >= 4 is 15.9 Å². The van der Waals surface area contributed by atoms with E-state index in [9.17, 15) is 5.11 Å². The molecule has 2 N–H and O–H groups in total. The third-order valence-corrected chi connectivity index (χ3v) is 3.90. The maximum atomic E-state index is 9.40. The maximum absolute atomic E-state index is 9.40. The molecule has 0 saturated carbocycles. The first kappa shape index (κ1) is 12.9. The van der Waals surface area contributed by atoms with Crippen molar-refractivity contribution in [2.75, 3.05) is 26.7 Å². The molecule has 0 spiro atoms. The van der Waals surface area contributed by atoms with E-state index in [1.165, 1.54) is 25.1 Å². The molecule has 1 saturated heterocycles. The van der Waals surface area contributed by atoms with Crippen LogP contribution in [0.25, 0.3) is 0 Å². The molecule has 1 atom stereocenters. The second kappa shape index (κ2) is 5.85. The molecule has 2 rings (SSSR count). The summed E-state index contributed by atoms with van der Waals surface area (Å²) in [4.78, 5) is 2.38. The first-order valence-electron chi connectivity index (χ1n) is 6.02. The zero-order valence-corrected chi connectivity index (χ0v) is 11.7. The standard InChI is InChI=1S/C13H19BrN2O/c1-16-5-4-11(9-16)8-15-7-10-2-3-13(17)12(14)6-10/h2-3,6,11,15,17H,4-5,7-9H2,1H3. The smallest absolute Gasteiger partial charge is 0.129 e. The number of phenols is 1. The molecule has 3 nitrogen and oxygen atoms in total. The Bertz CT molecular complexity index is 384. The number of phenolic OH excluding ortho intramolecular Hbond substituents is 1. The predicted molar refractivity (Wildman–Crippen MR) is 73.1 cm³/mol. The van der Waals surface area contributed by atoms with Crippen LogP contribution < -0.4 is 5.32 Å². The molecular weight excluding hydrogens is 280 g/mol. The van der Waals surface area contributed by atoms with E-state index in [1.807, 2.05) is 12.1 Å². The molecule has 1 aliphatic heterocycles. The summed E-state index contributed by atoms with van der Waals surface area (Å²) in [5, 5.41) is 12.9. The minimum atomic E-state index is 0.297. The molecule has 1 unspecified atom stereocenters. The van der Waals surface area contributed by atoms with Crippen LogP contribution in [-0.4, -0.2) is 36.7 Å². The summed E-state index contributed by atoms with van der Waals surface area (Å²) in [6, 6.07) is 5.64. The Morgan fingerprint density at radius 2 is 2.35 bits per heavy atom. The lowest BCUT2D eigenvalue weighted by molar-refractivity contribution is 0.388. The number of benzene rings is 1. The molecule has 4 heteroatoms. The van der Waals surface area contributed by atoms with Crippen molar-refractivity contribution < 1.29 is 5.11 Å². The second-order valence-electron chi connectivity index (χ2n) is 4.83. The average Bonchev–Trinajstić information content (AvgIpc) is 2.70. The number of aromatic hydroxyl groups is 1. The largest absolute Gasteiger partial charge is 0.507 e. The number of hydrogen-bond acceptors (Lipinski definition) is 3. The summed E-state index contributed by atoms with van der Waals surface area (Å²) >= 11 is 3.33. The molecule has 0 aliphatic carbocycles. The maximum Gasteiger partial charge on any atom is 0.129 e. The minimum absolute atomic E-state index is 0.297. The Morgan fingerprint density at radius 3 is 3.00 bits per heavy atom. The van der Waals surface area contributed by atoms with E-state index >= 15 is 0 Å². The Labute approximate surface area is 111 Å². The topological polar surface area (TPSA) is 35.5 Å². The molecule has 17 heavy (non-hydrogen) atoms. The van der Waals surface area contributed by atoms with Crippen molar-refractivity contribution in [1.82, 2.24) is 10.2 Å². The molecule has 1 aromatic carbocycles. The van der Waals surface area contributed by atoms with Gasteiger partial charge in [-0.25, -0.2) is 0 Å². The first-order chi connectivity index (χ1) is 8.15. The molecule has 1 heterocycles. The molecule has 0 aromatic heterocycles. The summed E-state index contributed by atoms with van der Waals surface area (Å²) in [5.41, 5.74) is 1.20. The van der Waals surface area contributed by atoms with E-state index in [2.05, 4.69) is 33.2 Å². The fourth-order valence-corrected chi connectivity index (χ4v) is 2.70. The fourth-order valence-electron chi connectivity index (χ4n) is 2.27. The fraction of sp³-hybridized carbons (Fsp3) is 0.538. The summed E-state index contributed by atoms with van der Waals surface area (Å²) in [7, 11) is 2.18. The van der Waals surface area contributed by atoms with Crippen LogP contribution in [0.15, 0.2) is 22.7 Å². The van der Waals surface area contributed by atoms with Crippen LogP contribution in [0.3, 0.4) is 0 Å².